The molecule has 0 fully saturated rings. The molecule has 0 aliphatic rings. The number of hydrogen-bond acceptors (Lipinski definition) is 5. The van der Waals surface area contributed by atoms with E-state index in [1.807, 2.05) is 0 Å². The molecule has 0 aliphatic carbocycles. The van der Waals surface area contributed by atoms with E-state index in [9.17, 15) is 4.79 Å². The van der Waals surface area contributed by atoms with Crippen molar-refractivity contribution in [2.24, 2.45) is 0 Å². The third-order valence-corrected chi connectivity index (χ3v) is 2.98. The number of carboxylic acid groups (broad SMARTS) is 1. The minimum Gasteiger partial charge on any atom is -0.493 e. The largest absolute Gasteiger partial charge is 0.493 e. The Morgan fingerprint density at radius 2 is 1.57 bits per heavy atom. The normalized spacial score (nSPS) is 10.0. The van der Waals surface area contributed by atoms with Crippen LogP contribution in [-0.2, 0) is 0 Å². The lowest BCUT2D eigenvalue weighted by Crippen LogP contribution is -1.98. The predicted molar refractivity (Wildman–Crippen MR) is 76.3 cm³/mol. The van der Waals surface area contributed by atoms with Crippen molar-refractivity contribution < 1.29 is 24.1 Å². The standard InChI is InChI=1S/C15H15NO5/c1-19-12-5-9(6-13(20-2)14(12)21-3)10-4-11(15(17)18)8-16-7-10/h4-8H,1-3H3,(H,17,18). The predicted octanol–water partition coefficient (Wildman–Crippen LogP) is 2.47. The molecule has 6 nitrogen and oxygen atoms in total. The molecule has 21 heavy (non-hydrogen) atoms. The number of nitrogens with zero attached hydrogens (tertiary/aromatic N) is 1. The maximum Gasteiger partial charge on any atom is 0.337 e. The molecule has 6 heteroatoms. The summed E-state index contributed by atoms with van der Waals surface area (Å²) in [7, 11) is 4.56. The van der Waals surface area contributed by atoms with Crippen LogP contribution < -0.4 is 14.2 Å². The highest BCUT2D eigenvalue weighted by Gasteiger charge is 2.15. The van der Waals surface area contributed by atoms with Crippen LogP contribution in [0.25, 0.3) is 11.1 Å². The molecule has 0 unspecified atom stereocenters. The summed E-state index contributed by atoms with van der Waals surface area (Å²) in [5.41, 5.74) is 1.48. The molecule has 0 saturated heterocycles. The van der Waals surface area contributed by atoms with Gasteiger partial charge in [-0.05, 0) is 23.8 Å². The smallest absolute Gasteiger partial charge is 0.337 e. The number of benzene rings is 1. The van der Waals surface area contributed by atoms with Gasteiger partial charge in [-0.3, -0.25) is 4.98 Å². The van der Waals surface area contributed by atoms with Gasteiger partial charge in [0.1, 0.15) is 0 Å². The summed E-state index contributed by atoms with van der Waals surface area (Å²) in [6, 6.07) is 5.02. The van der Waals surface area contributed by atoms with Crippen molar-refractivity contribution in [3.8, 4) is 28.4 Å². The van der Waals surface area contributed by atoms with Gasteiger partial charge in [-0.1, -0.05) is 0 Å². The first kappa shape index (κ1) is 14.6. The lowest BCUT2D eigenvalue weighted by Gasteiger charge is -2.14. The maximum atomic E-state index is 11.0. The number of aromatic carboxylic acids is 1. The summed E-state index contributed by atoms with van der Waals surface area (Å²) in [5.74, 6) is 0.433. The highest BCUT2D eigenvalue weighted by Crippen LogP contribution is 2.41. The highest BCUT2D eigenvalue weighted by molar-refractivity contribution is 5.89. The van der Waals surface area contributed by atoms with Gasteiger partial charge in [0, 0.05) is 18.0 Å². The van der Waals surface area contributed by atoms with Gasteiger partial charge >= 0.3 is 5.97 Å². The zero-order chi connectivity index (χ0) is 15.4. The van der Waals surface area contributed by atoms with E-state index < -0.39 is 5.97 Å². The van der Waals surface area contributed by atoms with E-state index in [-0.39, 0.29) is 5.56 Å². The zero-order valence-electron chi connectivity index (χ0n) is 11.9. The van der Waals surface area contributed by atoms with E-state index in [2.05, 4.69) is 4.98 Å². The maximum absolute atomic E-state index is 11.0. The molecule has 0 radical (unpaired) electrons. The van der Waals surface area contributed by atoms with Crippen molar-refractivity contribution in [3.05, 3.63) is 36.2 Å². The fraction of sp³-hybridized carbons (Fsp3) is 0.200. The summed E-state index contributed by atoms with van der Waals surface area (Å²) in [6.45, 7) is 0. The number of methoxy groups -OCH3 is 3. The van der Waals surface area contributed by atoms with Gasteiger partial charge in [0.05, 0.1) is 26.9 Å². The van der Waals surface area contributed by atoms with Crippen molar-refractivity contribution in [1.82, 2.24) is 4.98 Å². The van der Waals surface area contributed by atoms with E-state index in [1.54, 1.807) is 18.3 Å². The molecule has 2 rings (SSSR count). The van der Waals surface area contributed by atoms with E-state index in [1.165, 1.54) is 33.6 Å². The van der Waals surface area contributed by atoms with Crippen LogP contribution in [0.15, 0.2) is 30.6 Å². The zero-order valence-corrected chi connectivity index (χ0v) is 11.9. The quantitative estimate of drug-likeness (QED) is 0.911. The van der Waals surface area contributed by atoms with Crippen LogP contribution in [0.2, 0.25) is 0 Å². The van der Waals surface area contributed by atoms with E-state index in [0.717, 1.165) is 5.56 Å². The number of ether oxygens (including phenoxy) is 3. The minimum absolute atomic E-state index is 0.112. The molecular formula is C15H15NO5. The van der Waals surface area contributed by atoms with E-state index in [4.69, 9.17) is 19.3 Å². The Balaban J connectivity index is 2.58. The Labute approximate surface area is 121 Å². The lowest BCUT2D eigenvalue weighted by molar-refractivity contribution is 0.0696. The van der Waals surface area contributed by atoms with Crippen LogP contribution in [-0.4, -0.2) is 37.4 Å². The second-order valence-corrected chi connectivity index (χ2v) is 4.18. The molecule has 0 saturated carbocycles. The van der Waals surface area contributed by atoms with Crippen molar-refractivity contribution in [1.29, 1.82) is 0 Å². The number of rotatable bonds is 5. The average molecular weight is 289 g/mol. The highest BCUT2D eigenvalue weighted by atomic mass is 16.5. The second kappa shape index (κ2) is 6.13. The third kappa shape index (κ3) is 2.89. The fourth-order valence-corrected chi connectivity index (χ4v) is 1.96. The third-order valence-electron chi connectivity index (χ3n) is 2.98. The number of carboxylic acids is 1. The molecule has 110 valence electrons. The van der Waals surface area contributed by atoms with Crippen molar-refractivity contribution in [2.75, 3.05) is 21.3 Å². The average Bonchev–Trinajstić information content (AvgIpc) is 2.53. The van der Waals surface area contributed by atoms with Crippen LogP contribution in [0.1, 0.15) is 10.4 Å². The van der Waals surface area contributed by atoms with Gasteiger partial charge in [0.25, 0.3) is 0 Å². The Morgan fingerprint density at radius 3 is 2.05 bits per heavy atom. The summed E-state index contributed by atoms with van der Waals surface area (Å²) < 4.78 is 15.8. The number of carbonyl (C=O) groups is 1. The van der Waals surface area contributed by atoms with Gasteiger partial charge < -0.3 is 19.3 Å². The van der Waals surface area contributed by atoms with Gasteiger partial charge in [-0.15, -0.1) is 0 Å². The van der Waals surface area contributed by atoms with Gasteiger partial charge in [-0.25, -0.2) is 4.79 Å². The van der Waals surface area contributed by atoms with Crippen molar-refractivity contribution >= 4 is 5.97 Å². The number of pyridine rings is 1. The van der Waals surface area contributed by atoms with Crippen LogP contribution in [0.3, 0.4) is 0 Å². The van der Waals surface area contributed by atoms with Crippen molar-refractivity contribution in [2.45, 2.75) is 0 Å². The van der Waals surface area contributed by atoms with Gasteiger partial charge in [0.15, 0.2) is 11.5 Å². The molecule has 1 N–H and O–H groups in total. The molecule has 0 aliphatic heterocycles. The first-order chi connectivity index (χ1) is 10.1. The van der Waals surface area contributed by atoms with Gasteiger partial charge in [-0.2, -0.15) is 0 Å². The van der Waals surface area contributed by atoms with Gasteiger partial charge in [0.2, 0.25) is 5.75 Å². The Hall–Kier alpha value is -2.76. The molecular weight excluding hydrogens is 274 g/mol. The number of hydrogen-bond donors (Lipinski definition) is 1. The summed E-state index contributed by atoms with van der Waals surface area (Å²) in [5, 5.41) is 9.03. The molecule has 0 bridgehead atoms. The summed E-state index contributed by atoms with van der Waals surface area (Å²) in [6.07, 6.45) is 2.87. The van der Waals surface area contributed by atoms with E-state index >= 15 is 0 Å². The Bertz CT molecular complexity index is 644. The second-order valence-electron chi connectivity index (χ2n) is 4.18. The number of aromatic nitrogens is 1. The topological polar surface area (TPSA) is 77.9 Å². The lowest BCUT2D eigenvalue weighted by atomic mass is 10.0. The Morgan fingerprint density at radius 1 is 0.952 bits per heavy atom. The molecule has 1 aromatic heterocycles. The van der Waals surface area contributed by atoms with E-state index in [0.29, 0.717) is 22.8 Å². The first-order valence-electron chi connectivity index (χ1n) is 6.09. The fourth-order valence-electron chi connectivity index (χ4n) is 1.96. The summed E-state index contributed by atoms with van der Waals surface area (Å²) in [4.78, 5) is 15.0. The van der Waals surface area contributed by atoms with Crippen molar-refractivity contribution in [3.63, 3.8) is 0 Å². The Kier molecular flexibility index (Phi) is 4.27. The van der Waals surface area contributed by atoms with Crippen LogP contribution in [0.5, 0.6) is 17.2 Å². The summed E-state index contributed by atoms with van der Waals surface area (Å²) >= 11 is 0. The molecule has 0 spiro atoms. The molecule has 2 aromatic rings. The first-order valence-corrected chi connectivity index (χ1v) is 6.09. The molecule has 0 atom stereocenters. The van der Waals surface area contributed by atoms with Crippen LogP contribution in [0.4, 0.5) is 0 Å². The SMILES string of the molecule is COc1cc(-c2cncc(C(=O)O)c2)cc(OC)c1OC. The minimum atomic E-state index is -1.03. The monoisotopic (exact) mass is 289 g/mol. The molecule has 0 amide bonds. The van der Waals surface area contributed by atoms with Crippen LogP contribution >= 0.6 is 0 Å². The molecule has 1 aromatic carbocycles. The molecule has 1 heterocycles. The van der Waals surface area contributed by atoms with Crippen LogP contribution in [0, 0.1) is 0 Å².